The molecule has 2 heterocycles. The number of aliphatic carboxylic acids is 1. The molecule has 0 atom stereocenters. The summed E-state index contributed by atoms with van der Waals surface area (Å²) in [5.74, 6) is -2.13. The summed E-state index contributed by atoms with van der Waals surface area (Å²) in [5, 5.41) is 17.6. The number of carboxylic acid groups (broad SMARTS) is 1. The fraction of sp³-hybridized carbons (Fsp3) is 0.393. The van der Waals surface area contributed by atoms with Crippen LogP contribution in [0.3, 0.4) is 0 Å². The van der Waals surface area contributed by atoms with Crippen molar-refractivity contribution < 1.29 is 32.6 Å². The first-order valence-electron chi connectivity index (χ1n) is 12.7. The van der Waals surface area contributed by atoms with Crippen molar-refractivity contribution in [2.45, 2.75) is 51.2 Å². The lowest BCUT2D eigenvalue weighted by Gasteiger charge is -2.36. The molecule has 208 valence electrons. The van der Waals surface area contributed by atoms with Gasteiger partial charge in [-0.3, -0.25) is 14.8 Å². The number of nitrogens with one attached hydrogen (secondary N) is 2. The molecule has 2 aliphatic rings. The second-order valence-electron chi connectivity index (χ2n) is 9.65. The summed E-state index contributed by atoms with van der Waals surface area (Å²) in [7, 11) is 1.64. The third kappa shape index (κ3) is 6.78. The Labute approximate surface area is 224 Å². The van der Waals surface area contributed by atoms with Crippen molar-refractivity contribution in [1.29, 1.82) is 0 Å². The molecule has 0 radical (unpaired) electrons. The predicted octanol–water partition coefficient (Wildman–Crippen LogP) is 5.23. The van der Waals surface area contributed by atoms with Crippen LogP contribution in [0.25, 0.3) is 11.3 Å². The highest BCUT2D eigenvalue weighted by Crippen LogP contribution is 2.29. The number of nitrogens with zero attached hydrogens (tertiary/aromatic N) is 2. The van der Waals surface area contributed by atoms with Gasteiger partial charge in [-0.05, 0) is 80.1 Å². The lowest BCUT2D eigenvalue weighted by atomic mass is 9.91. The van der Waals surface area contributed by atoms with Crippen LogP contribution in [0.1, 0.15) is 46.4 Å². The Morgan fingerprint density at radius 2 is 1.72 bits per heavy atom. The third-order valence-electron chi connectivity index (χ3n) is 7.19. The molecule has 0 spiro atoms. The van der Waals surface area contributed by atoms with Crippen LogP contribution in [0.2, 0.25) is 0 Å². The Hall–Kier alpha value is -3.86. The average molecular weight is 545 g/mol. The monoisotopic (exact) mass is 544 g/mol. The molecule has 1 amide bonds. The molecule has 3 aromatic rings. The Kier molecular flexibility index (Phi) is 8.59. The summed E-state index contributed by atoms with van der Waals surface area (Å²) in [6.07, 6.45) is 1.10. The van der Waals surface area contributed by atoms with Crippen LogP contribution in [0, 0.1) is 6.92 Å². The van der Waals surface area contributed by atoms with E-state index in [0.29, 0.717) is 17.0 Å². The summed E-state index contributed by atoms with van der Waals surface area (Å²) in [4.78, 5) is 24.8. The van der Waals surface area contributed by atoms with Gasteiger partial charge in [0.15, 0.2) is 0 Å². The summed E-state index contributed by atoms with van der Waals surface area (Å²) < 4.78 is 37.0. The highest BCUT2D eigenvalue weighted by Gasteiger charge is 2.38. The van der Waals surface area contributed by atoms with Crippen LogP contribution < -0.4 is 10.1 Å². The number of hydrogen-bond donors (Lipinski definition) is 3. The molecule has 1 aliphatic heterocycles. The molecule has 0 unspecified atom stereocenters. The average Bonchev–Trinajstić information content (AvgIpc) is 3.14. The number of ether oxygens (including phenoxy) is 1. The van der Waals surface area contributed by atoms with Gasteiger partial charge < -0.3 is 15.2 Å². The summed E-state index contributed by atoms with van der Waals surface area (Å²) in [6, 6.07) is 14.8. The molecule has 11 heteroatoms. The number of halogens is 3. The van der Waals surface area contributed by atoms with E-state index in [1.807, 2.05) is 37.3 Å². The lowest BCUT2D eigenvalue weighted by molar-refractivity contribution is -0.192. The number of anilines is 1. The minimum Gasteiger partial charge on any atom is -0.497 e. The Balaban J connectivity index is 0.000000448. The fourth-order valence-corrected chi connectivity index (χ4v) is 4.81. The molecule has 39 heavy (non-hydrogen) atoms. The van der Waals surface area contributed by atoms with Gasteiger partial charge in [-0.15, -0.1) is 0 Å². The molecule has 0 saturated heterocycles. The highest BCUT2D eigenvalue weighted by molar-refractivity contribution is 6.09. The number of hydrogen-bond acceptors (Lipinski definition) is 5. The van der Waals surface area contributed by atoms with Gasteiger partial charge >= 0.3 is 12.1 Å². The van der Waals surface area contributed by atoms with E-state index in [0.717, 1.165) is 49.0 Å². The van der Waals surface area contributed by atoms with Crippen molar-refractivity contribution in [2.75, 3.05) is 25.5 Å². The van der Waals surface area contributed by atoms with Gasteiger partial charge in [0, 0.05) is 30.4 Å². The number of aromatic amines is 1. The number of aryl methyl sites for hydroxylation is 1. The van der Waals surface area contributed by atoms with E-state index in [1.165, 1.54) is 30.4 Å². The first kappa shape index (κ1) is 28.2. The van der Waals surface area contributed by atoms with Crippen LogP contribution in [-0.4, -0.2) is 64.5 Å². The molecule has 0 bridgehead atoms. The summed E-state index contributed by atoms with van der Waals surface area (Å²) in [6.45, 7) is 4.10. The van der Waals surface area contributed by atoms with Gasteiger partial charge in [0.25, 0.3) is 5.91 Å². The Morgan fingerprint density at radius 1 is 1.08 bits per heavy atom. The number of alkyl halides is 3. The zero-order valence-corrected chi connectivity index (χ0v) is 21.8. The molecule has 2 aromatic carbocycles. The first-order chi connectivity index (χ1) is 18.6. The molecule has 1 aromatic heterocycles. The normalized spacial score (nSPS) is 15.7. The zero-order valence-electron chi connectivity index (χ0n) is 21.8. The maximum atomic E-state index is 13.2. The molecule has 1 aliphatic carbocycles. The quantitative estimate of drug-likeness (QED) is 0.406. The van der Waals surface area contributed by atoms with Gasteiger partial charge in [-0.25, -0.2) is 4.79 Å². The van der Waals surface area contributed by atoms with Gasteiger partial charge in [-0.1, -0.05) is 12.5 Å². The first-order valence-corrected chi connectivity index (χ1v) is 12.7. The smallest absolute Gasteiger partial charge is 0.490 e. The zero-order chi connectivity index (χ0) is 28.2. The molecule has 5 rings (SSSR count). The number of H-pyrrole nitrogens is 1. The fourth-order valence-electron chi connectivity index (χ4n) is 4.81. The highest BCUT2D eigenvalue weighted by atomic mass is 19.4. The number of methoxy groups -OCH3 is 1. The van der Waals surface area contributed by atoms with Crippen LogP contribution in [0.15, 0.2) is 42.5 Å². The Morgan fingerprint density at radius 3 is 2.28 bits per heavy atom. The predicted molar refractivity (Wildman–Crippen MR) is 140 cm³/mol. The summed E-state index contributed by atoms with van der Waals surface area (Å²) >= 11 is 0. The van der Waals surface area contributed by atoms with Crippen molar-refractivity contribution >= 4 is 17.6 Å². The number of fused-ring (bicyclic) bond motifs is 1. The summed E-state index contributed by atoms with van der Waals surface area (Å²) in [5.41, 5.74) is 6.46. The van der Waals surface area contributed by atoms with Gasteiger partial charge in [0.1, 0.15) is 5.75 Å². The van der Waals surface area contributed by atoms with Gasteiger partial charge in [-0.2, -0.15) is 18.3 Å². The molecular formula is C28H31F3N4O4. The second-order valence-corrected chi connectivity index (χ2v) is 9.65. The Bertz CT molecular complexity index is 1320. The van der Waals surface area contributed by atoms with E-state index >= 15 is 0 Å². The van der Waals surface area contributed by atoms with Gasteiger partial charge in [0.05, 0.1) is 24.1 Å². The number of benzene rings is 2. The second kappa shape index (κ2) is 11.9. The van der Waals surface area contributed by atoms with Crippen molar-refractivity contribution in [3.63, 3.8) is 0 Å². The topological polar surface area (TPSA) is 108 Å². The maximum absolute atomic E-state index is 13.2. The third-order valence-corrected chi connectivity index (χ3v) is 7.19. The number of carboxylic acids is 1. The molecule has 8 nitrogen and oxygen atoms in total. The van der Waals surface area contributed by atoms with E-state index in [-0.39, 0.29) is 5.91 Å². The number of carbonyl (C=O) groups is 2. The molecule has 1 saturated carbocycles. The minimum absolute atomic E-state index is 0.147. The van der Waals surface area contributed by atoms with Crippen molar-refractivity contribution in [2.24, 2.45) is 0 Å². The van der Waals surface area contributed by atoms with E-state index < -0.39 is 12.1 Å². The largest absolute Gasteiger partial charge is 0.497 e. The van der Waals surface area contributed by atoms with Crippen LogP contribution >= 0.6 is 0 Å². The number of amides is 1. The van der Waals surface area contributed by atoms with E-state index in [4.69, 9.17) is 14.6 Å². The van der Waals surface area contributed by atoms with Crippen molar-refractivity contribution in [3.8, 4) is 17.0 Å². The van der Waals surface area contributed by atoms with E-state index in [1.54, 1.807) is 7.11 Å². The minimum atomic E-state index is -5.08. The van der Waals surface area contributed by atoms with E-state index in [2.05, 4.69) is 32.5 Å². The molecule has 1 fully saturated rings. The van der Waals surface area contributed by atoms with Gasteiger partial charge in [0.2, 0.25) is 0 Å². The standard InChI is InChI=1S/C26H30N4O2.C2HF3O2/c1-17-24(25(29-28-17)19-7-10-23(32-2)11-8-19)26(31)27-21-9-6-18-12-14-30(22-4-3-5-22)15-13-20(18)16-21;3-2(4,5)1(6)7/h6-11,16,22H,3-5,12-15H2,1-2H3,(H,27,31)(H,28,29);(H,6,7). The lowest BCUT2D eigenvalue weighted by Crippen LogP contribution is -2.41. The van der Waals surface area contributed by atoms with E-state index in [9.17, 15) is 18.0 Å². The van der Waals surface area contributed by atoms with Crippen molar-refractivity contribution in [3.05, 3.63) is 64.8 Å². The number of aromatic nitrogens is 2. The SMILES string of the molecule is COc1ccc(-c2[nH]nc(C)c2C(=O)Nc2ccc3c(c2)CCN(C2CCC2)CC3)cc1.O=C(O)C(F)(F)F. The van der Waals surface area contributed by atoms with Crippen LogP contribution in [0.5, 0.6) is 5.75 Å². The molecule has 3 N–H and O–H groups in total. The number of carbonyl (C=O) groups excluding carboxylic acids is 1. The number of rotatable bonds is 5. The maximum Gasteiger partial charge on any atom is 0.490 e. The van der Waals surface area contributed by atoms with Crippen LogP contribution in [0.4, 0.5) is 18.9 Å². The van der Waals surface area contributed by atoms with Crippen LogP contribution in [-0.2, 0) is 17.6 Å². The molecular weight excluding hydrogens is 513 g/mol. The van der Waals surface area contributed by atoms with Crippen molar-refractivity contribution in [1.82, 2.24) is 15.1 Å².